The van der Waals surface area contributed by atoms with E-state index in [1.807, 2.05) is 30.3 Å². The zero-order valence-corrected chi connectivity index (χ0v) is 13.4. The largest absolute Gasteiger partial charge is 0.390 e. The molecule has 0 aliphatic heterocycles. The van der Waals surface area contributed by atoms with Crippen LogP contribution in [-0.4, -0.2) is 57.8 Å². The molecule has 0 aliphatic rings. The van der Waals surface area contributed by atoms with Crippen LogP contribution in [0.25, 0.3) is 0 Å². The quantitative estimate of drug-likeness (QED) is 0.226. The Morgan fingerprint density at radius 3 is 2.36 bits per heavy atom. The Morgan fingerprint density at radius 1 is 1.14 bits per heavy atom. The Hall–Kier alpha value is -0.790. The second-order valence-corrected chi connectivity index (χ2v) is 7.00. The third kappa shape index (κ3) is 6.98. The van der Waals surface area contributed by atoms with E-state index in [0.717, 1.165) is 5.56 Å². The molecule has 0 amide bonds. The fraction of sp³-hybridized carbons (Fsp3) is 0.571. The molecule has 0 saturated carbocycles. The lowest BCUT2D eigenvalue weighted by Gasteiger charge is -2.24. The number of aliphatic hydroxyl groups excluding tert-OH is 4. The van der Waals surface area contributed by atoms with E-state index in [1.165, 1.54) is 6.66 Å². The molecule has 0 bridgehead atoms. The first-order valence-corrected chi connectivity index (χ1v) is 9.01. The minimum atomic E-state index is -2.20. The number of rotatable bonds is 10. The average molecular weight is 333 g/mol. The predicted molar refractivity (Wildman–Crippen MR) is 82.8 cm³/mol. The van der Waals surface area contributed by atoms with Crippen molar-refractivity contribution in [3.63, 3.8) is 0 Å². The summed E-state index contributed by atoms with van der Waals surface area (Å²) < 4.78 is 11.1. The molecule has 0 aliphatic carbocycles. The topological polar surface area (TPSA) is 119 Å². The Bertz CT molecular complexity index is 446. The van der Waals surface area contributed by atoms with E-state index in [0.29, 0.717) is 6.61 Å². The van der Waals surface area contributed by atoms with Gasteiger partial charge in [-0.1, -0.05) is 30.3 Å². The van der Waals surface area contributed by atoms with Crippen LogP contribution < -0.4 is 5.48 Å². The van der Waals surface area contributed by atoms with Crippen LogP contribution in [0.1, 0.15) is 12.0 Å². The number of nitrogens with one attached hydrogen (secondary N) is 1. The first kappa shape index (κ1) is 19.3. The van der Waals surface area contributed by atoms with Crippen LogP contribution >= 0.6 is 7.80 Å². The van der Waals surface area contributed by atoms with Crippen LogP contribution in [0.4, 0.5) is 0 Å². The molecule has 7 nitrogen and oxygen atoms in total. The smallest absolute Gasteiger partial charge is 0.107 e. The standard InChI is InChI=1S/C14H24NO6P/c1-22(20)13(18)7-11(16)14(19)12(17)8-15-21-9-10-5-3-2-4-6-10/h2-6,11-19,22H,7-9H2,1H3/t11-,12+,13?,14-/m1/s1. The van der Waals surface area contributed by atoms with Gasteiger partial charge in [-0.3, -0.25) is 4.84 Å². The number of hydrogen-bond donors (Lipinski definition) is 5. The predicted octanol–water partition coefficient (Wildman–Crippen LogP) is -0.312. The van der Waals surface area contributed by atoms with Crippen molar-refractivity contribution in [3.05, 3.63) is 35.9 Å². The molecule has 126 valence electrons. The van der Waals surface area contributed by atoms with Crippen LogP contribution in [0, 0.1) is 0 Å². The van der Waals surface area contributed by atoms with Crippen LogP contribution in [0.15, 0.2) is 30.3 Å². The lowest BCUT2D eigenvalue weighted by Crippen LogP contribution is -2.44. The Labute approximate surface area is 130 Å². The molecule has 0 heterocycles. The Morgan fingerprint density at radius 2 is 1.77 bits per heavy atom. The summed E-state index contributed by atoms with van der Waals surface area (Å²) in [6, 6.07) is 9.39. The molecule has 1 aromatic rings. The van der Waals surface area contributed by atoms with E-state index in [2.05, 4.69) is 5.48 Å². The molecule has 5 atom stereocenters. The minimum Gasteiger partial charge on any atom is -0.390 e. The summed E-state index contributed by atoms with van der Waals surface area (Å²) >= 11 is 0. The van der Waals surface area contributed by atoms with Crippen molar-refractivity contribution >= 4 is 7.80 Å². The molecule has 22 heavy (non-hydrogen) atoms. The van der Waals surface area contributed by atoms with Crippen molar-refractivity contribution in [1.82, 2.24) is 5.48 Å². The van der Waals surface area contributed by atoms with Gasteiger partial charge in [0.05, 0.1) is 18.8 Å². The first-order chi connectivity index (χ1) is 10.4. The van der Waals surface area contributed by atoms with E-state index in [-0.39, 0.29) is 13.0 Å². The van der Waals surface area contributed by atoms with Gasteiger partial charge in [0.15, 0.2) is 0 Å². The Kier molecular flexibility index (Phi) is 8.82. The van der Waals surface area contributed by atoms with E-state index >= 15 is 0 Å². The zero-order valence-electron chi connectivity index (χ0n) is 12.4. The molecular formula is C14H24NO6P. The summed E-state index contributed by atoms with van der Waals surface area (Å²) in [6.07, 6.45) is -4.37. The number of hydrogen-bond acceptors (Lipinski definition) is 7. The van der Waals surface area contributed by atoms with Crippen molar-refractivity contribution < 1.29 is 29.8 Å². The first-order valence-electron chi connectivity index (χ1n) is 7.03. The molecule has 0 fully saturated rings. The van der Waals surface area contributed by atoms with Gasteiger partial charge in [-0.05, 0) is 12.2 Å². The van der Waals surface area contributed by atoms with Crippen molar-refractivity contribution in [1.29, 1.82) is 0 Å². The highest BCUT2D eigenvalue weighted by Crippen LogP contribution is 2.25. The number of aliphatic hydroxyl groups is 4. The fourth-order valence-electron chi connectivity index (χ4n) is 1.76. The van der Waals surface area contributed by atoms with E-state index in [1.54, 1.807) is 0 Å². The summed E-state index contributed by atoms with van der Waals surface area (Å²) in [7, 11) is -2.20. The molecule has 0 aromatic heterocycles. The normalized spacial score (nSPS) is 18.4. The third-order valence-electron chi connectivity index (χ3n) is 3.20. The highest BCUT2D eigenvalue weighted by atomic mass is 31.1. The minimum absolute atomic E-state index is 0.0948. The van der Waals surface area contributed by atoms with E-state index in [9.17, 15) is 25.0 Å². The summed E-state index contributed by atoms with van der Waals surface area (Å²) in [5.41, 5.74) is 3.45. The second-order valence-electron chi connectivity index (χ2n) is 5.11. The van der Waals surface area contributed by atoms with Crippen molar-refractivity contribution in [2.75, 3.05) is 13.2 Å². The van der Waals surface area contributed by atoms with Crippen LogP contribution in [0.5, 0.6) is 0 Å². The molecule has 8 heteroatoms. The van der Waals surface area contributed by atoms with Gasteiger partial charge in [0.25, 0.3) is 0 Å². The maximum absolute atomic E-state index is 11.1. The second kappa shape index (κ2) is 10.1. The van der Waals surface area contributed by atoms with Crippen molar-refractivity contribution in [3.8, 4) is 0 Å². The Balaban J connectivity index is 2.25. The van der Waals surface area contributed by atoms with Crippen molar-refractivity contribution in [2.45, 2.75) is 37.2 Å². The third-order valence-corrected chi connectivity index (χ3v) is 4.37. The van der Waals surface area contributed by atoms with Gasteiger partial charge in [-0.2, -0.15) is 5.48 Å². The average Bonchev–Trinajstić information content (AvgIpc) is 2.51. The monoisotopic (exact) mass is 333 g/mol. The van der Waals surface area contributed by atoms with Crippen LogP contribution in [0.2, 0.25) is 0 Å². The van der Waals surface area contributed by atoms with Gasteiger partial charge in [0.1, 0.15) is 19.8 Å². The molecule has 2 unspecified atom stereocenters. The zero-order chi connectivity index (χ0) is 16.5. The maximum atomic E-state index is 11.1. The van der Waals surface area contributed by atoms with Gasteiger partial charge in [-0.15, -0.1) is 0 Å². The van der Waals surface area contributed by atoms with Gasteiger partial charge in [0.2, 0.25) is 0 Å². The molecular weight excluding hydrogens is 309 g/mol. The van der Waals surface area contributed by atoms with Crippen LogP contribution in [-0.2, 0) is 16.0 Å². The van der Waals surface area contributed by atoms with Gasteiger partial charge < -0.3 is 25.0 Å². The summed E-state index contributed by atoms with van der Waals surface area (Å²) in [6.45, 7) is 1.56. The summed E-state index contributed by atoms with van der Waals surface area (Å²) in [5, 5.41) is 38.6. The van der Waals surface area contributed by atoms with E-state index < -0.39 is 32.0 Å². The summed E-state index contributed by atoms with van der Waals surface area (Å²) in [5.74, 6) is -1.18. The summed E-state index contributed by atoms with van der Waals surface area (Å²) in [4.78, 5) is 5.14. The van der Waals surface area contributed by atoms with Gasteiger partial charge in [-0.25, -0.2) is 0 Å². The fourth-order valence-corrected chi connectivity index (χ4v) is 2.34. The highest BCUT2D eigenvalue weighted by molar-refractivity contribution is 7.44. The van der Waals surface area contributed by atoms with Crippen LogP contribution in [0.3, 0.4) is 0 Å². The SMILES string of the molecule is C[PH](=O)C(O)C[C@@H](O)[C@@H](O)[C@@H](O)CNOCc1ccccc1. The van der Waals surface area contributed by atoms with Crippen molar-refractivity contribution in [2.24, 2.45) is 0 Å². The lowest BCUT2D eigenvalue weighted by molar-refractivity contribution is -0.0844. The number of benzene rings is 1. The molecule has 0 saturated heterocycles. The molecule has 0 spiro atoms. The molecule has 1 rings (SSSR count). The highest BCUT2D eigenvalue weighted by Gasteiger charge is 2.27. The molecule has 0 radical (unpaired) electrons. The lowest BCUT2D eigenvalue weighted by atomic mass is 10.1. The number of hydroxylamine groups is 1. The van der Waals surface area contributed by atoms with E-state index in [4.69, 9.17) is 4.84 Å². The van der Waals surface area contributed by atoms with Gasteiger partial charge >= 0.3 is 0 Å². The maximum Gasteiger partial charge on any atom is 0.107 e. The molecule has 1 aromatic carbocycles. The van der Waals surface area contributed by atoms with Gasteiger partial charge in [0, 0.05) is 13.0 Å². The molecule has 5 N–H and O–H groups in total.